The average molecular weight is 248 g/mol. The van der Waals surface area contributed by atoms with E-state index < -0.39 is 11.6 Å². The third kappa shape index (κ3) is 1.56. The lowest BCUT2D eigenvalue weighted by molar-refractivity contribution is 0.515. The molecule has 0 fully saturated rings. The van der Waals surface area contributed by atoms with Crippen molar-refractivity contribution >= 4 is 34.1 Å². The summed E-state index contributed by atoms with van der Waals surface area (Å²) < 4.78 is 26.3. The van der Waals surface area contributed by atoms with Crippen molar-refractivity contribution in [3.63, 3.8) is 0 Å². The Morgan fingerprint density at radius 2 is 1.80 bits per heavy atom. The van der Waals surface area contributed by atoms with Gasteiger partial charge in [-0.25, -0.2) is 13.8 Å². The minimum Gasteiger partial charge on any atom is -0.248 e. The molecule has 0 bridgehead atoms. The van der Waals surface area contributed by atoms with Gasteiger partial charge >= 0.3 is 0 Å². The fraction of sp³-hybridized carbons (Fsp3) is 0.100. The Kier molecular flexibility index (Phi) is 2.52. The van der Waals surface area contributed by atoms with Crippen LogP contribution in [0.4, 0.5) is 8.78 Å². The second kappa shape index (κ2) is 3.58. The van der Waals surface area contributed by atoms with Gasteiger partial charge in [-0.05, 0) is 19.1 Å². The van der Waals surface area contributed by atoms with E-state index in [-0.39, 0.29) is 15.6 Å². The van der Waals surface area contributed by atoms with Gasteiger partial charge in [-0.3, -0.25) is 0 Å². The average Bonchev–Trinajstić information content (AvgIpc) is 2.21. The fourth-order valence-electron chi connectivity index (χ4n) is 1.32. The first-order valence-electron chi connectivity index (χ1n) is 4.11. The van der Waals surface area contributed by atoms with Gasteiger partial charge in [-0.2, -0.15) is 0 Å². The molecule has 0 unspecified atom stereocenters. The molecule has 1 aromatic heterocycles. The molecule has 15 heavy (non-hydrogen) atoms. The van der Waals surface area contributed by atoms with Crippen molar-refractivity contribution in [2.75, 3.05) is 0 Å². The van der Waals surface area contributed by atoms with Crippen LogP contribution < -0.4 is 0 Å². The van der Waals surface area contributed by atoms with Gasteiger partial charge < -0.3 is 0 Å². The first kappa shape index (κ1) is 10.6. The molecule has 0 saturated carbocycles. The van der Waals surface area contributed by atoms with Crippen LogP contribution in [0.1, 0.15) is 5.69 Å². The van der Waals surface area contributed by atoms with E-state index in [1.807, 2.05) is 0 Å². The van der Waals surface area contributed by atoms with Crippen LogP contribution in [0, 0.1) is 18.6 Å². The number of hydrogen-bond acceptors (Lipinski definition) is 1. The molecule has 78 valence electrons. The second-order valence-electron chi connectivity index (χ2n) is 3.08. The minimum atomic E-state index is -1.01. The van der Waals surface area contributed by atoms with Crippen LogP contribution in [0.15, 0.2) is 12.1 Å². The smallest absolute Gasteiger partial charge is 0.185 e. The monoisotopic (exact) mass is 247 g/mol. The Morgan fingerprint density at radius 1 is 1.13 bits per heavy atom. The zero-order valence-electron chi connectivity index (χ0n) is 7.61. The highest BCUT2D eigenvalue weighted by Gasteiger charge is 2.14. The first-order valence-corrected chi connectivity index (χ1v) is 4.87. The molecule has 0 amide bonds. The van der Waals surface area contributed by atoms with E-state index in [4.69, 9.17) is 23.2 Å². The maximum absolute atomic E-state index is 13.4. The van der Waals surface area contributed by atoms with Crippen LogP contribution in [0.2, 0.25) is 10.0 Å². The highest BCUT2D eigenvalue weighted by molar-refractivity contribution is 6.45. The molecular weight excluding hydrogens is 243 g/mol. The third-order valence-electron chi connectivity index (χ3n) is 2.10. The summed E-state index contributed by atoms with van der Waals surface area (Å²) in [7, 11) is 0. The Bertz CT molecular complexity index is 555. The topological polar surface area (TPSA) is 12.9 Å². The van der Waals surface area contributed by atoms with E-state index in [0.29, 0.717) is 11.1 Å². The van der Waals surface area contributed by atoms with Crippen molar-refractivity contribution in [1.82, 2.24) is 4.98 Å². The van der Waals surface area contributed by atoms with Crippen LogP contribution in [-0.2, 0) is 0 Å². The summed E-state index contributed by atoms with van der Waals surface area (Å²) in [5.74, 6) is -1.96. The highest BCUT2D eigenvalue weighted by Crippen LogP contribution is 2.33. The Morgan fingerprint density at radius 3 is 2.47 bits per heavy atom. The number of aryl methyl sites for hydroxylation is 1. The van der Waals surface area contributed by atoms with Crippen molar-refractivity contribution < 1.29 is 8.78 Å². The molecular formula is C10H5Cl2F2N. The van der Waals surface area contributed by atoms with Gasteiger partial charge in [0, 0.05) is 5.39 Å². The van der Waals surface area contributed by atoms with Gasteiger partial charge in [-0.1, -0.05) is 23.2 Å². The lowest BCUT2D eigenvalue weighted by atomic mass is 10.2. The van der Waals surface area contributed by atoms with Crippen LogP contribution in [0.3, 0.4) is 0 Å². The van der Waals surface area contributed by atoms with Crippen LogP contribution >= 0.6 is 23.2 Å². The highest BCUT2D eigenvalue weighted by atomic mass is 35.5. The number of benzene rings is 1. The zero-order valence-corrected chi connectivity index (χ0v) is 9.13. The van der Waals surface area contributed by atoms with E-state index in [2.05, 4.69) is 4.98 Å². The van der Waals surface area contributed by atoms with Gasteiger partial charge in [0.25, 0.3) is 0 Å². The SMILES string of the molecule is Cc1nc2c(F)c(F)ccc2c(Cl)c1Cl. The summed E-state index contributed by atoms with van der Waals surface area (Å²) in [6.07, 6.45) is 0. The third-order valence-corrected chi connectivity index (χ3v) is 3.05. The molecule has 0 saturated heterocycles. The Labute approximate surface area is 94.6 Å². The Balaban J connectivity index is 2.98. The summed E-state index contributed by atoms with van der Waals surface area (Å²) in [5, 5.41) is 0.763. The summed E-state index contributed by atoms with van der Waals surface area (Å²) in [6.45, 7) is 1.58. The molecule has 2 rings (SSSR count). The van der Waals surface area contributed by atoms with Crippen molar-refractivity contribution in [1.29, 1.82) is 0 Å². The second-order valence-corrected chi connectivity index (χ2v) is 3.84. The fourth-order valence-corrected chi connectivity index (χ4v) is 1.75. The summed E-state index contributed by atoms with van der Waals surface area (Å²) >= 11 is 11.7. The number of nitrogens with zero attached hydrogens (tertiary/aromatic N) is 1. The zero-order chi connectivity index (χ0) is 11.2. The quantitative estimate of drug-likeness (QED) is 0.683. The maximum atomic E-state index is 13.4. The lowest BCUT2D eigenvalue weighted by Gasteiger charge is -2.06. The normalized spacial score (nSPS) is 11.0. The molecule has 0 aliphatic heterocycles. The molecule has 0 N–H and O–H groups in total. The van der Waals surface area contributed by atoms with Gasteiger partial charge in [0.05, 0.1) is 15.7 Å². The molecule has 1 heterocycles. The van der Waals surface area contributed by atoms with Crippen molar-refractivity contribution in [3.05, 3.63) is 39.5 Å². The van der Waals surface area contributed by atoms with E-state index in [1.165, 1.54) is 6.07 Å². The molecule has 5 heteroatoms. The van der Waals surface area contributed by atoms with E-state index in [1.54, 1.807) is 6.92 Å². The van der Waals surface area contributed by atoms with Crippen molar-refractivity contribution in [2.45, 2.75) is 6.92 Å². The van der Waals surface area contributed by atoms with E-state index in [9.17, 15) is 8.78 Å². The van der Waals surface area contributed by atoms with Gasteiger partial charge in [0.1, 0.15) is 5.52 Å². The van der Waals surface area contributed by atoms with Gasteiger partial charge in [0.2, 0.25) is 0 Å². The van der Waals surface area contributed by atoms with Crippen molar-refractivity contribution in [3.8, 4) is 0 Å². The molecule has 1 nitrogen and oxygen atoms in total. The number of hydrogen-bond donors (Lipinski definition) is 0. The number of fused-ring (bicyclic) bond motifs is 1. The number of pyridine rings is 1. The Hall–Kier alpha value is -0.930. The van der Waals surface area contributed by atoms with Crippen LogP contribution in [-0.4, -0.2) is 4.98 Å². The maximum Gasteiger partial charge on any atom is 0.185 e. The largest absolute Gasteiger partial charge is 0.248 e. The van der Waals surface area contributed by atoms with E-state index in [0.717, 1.165) is 6.07 Å². The molecule has 2 aromatic rings. The lowest BCUT2D eigenvalue weighted by Crippen LogP contribution is -1.93. The summed E-state index contributed by atoms with van der Waals surface area (Å²) in [6, 6.07) is 2.35. The number of aromatic nitrogens is 1. The first-order chi connectivity index (χ1) is 7.02. The van der Waals surface area contributed by atoms with Gasteiger partial charge in [0.15, 0.2) is 11.6 Å². The van der Waals surface area contributed by atoms with Crippen LogP contribution in [0.25, 0.3) is 10.9 Å². The molecule has 0 aliphatic rings. The molecule has 0 spiro atoms. The molecule has 1 aromatic carbocycles. The van der Waals surface area contributed by atoms with E-state index >= 15 is 0 Å². The van der Waals surface area contributed by atoms with Gasteiger partial charge in [-0.15, -0.1) is 0 Å². The summed E-state index contributed by atoms with van der Waals surface area (Å²) in [5.41, 5.74) is 0.278. The molecule has 0 atom stereocenters. The molecule has 0 aliphatic carbocycles. The summed E-state index contributed by atoms with van der Waals surface area (Å²) in [4.78, 5) is 3.86. The predicted octanol–water partition coefficient (Wildman–Crippen LogP) is 4.13. The molecule has 0 radical (unpaired) electrons. The number of halogens is 4. The van der Waals surface area contributed by atoms with Crippen molar-refractivity contribution in [2.24, 2.45) is 0 Å². The van der Waals surface area contributed by atoms with Crippen LogP contribution in [0.5, 0.6) is 0 Å². The number of rotatable bonds is 0. The predicted molar refractivity (Wildman–Crippen MR) is 56.4 cm³/mol. The standard InChI is InChI=1S/C10H5Cl2F2N/c1-4-7(11)8(12)5-2-3-6(13)9(14)10(5)15-4/h2-3H,1H3. The minimum absolute atomic E-state index is 0.0955.